The minimum absolute atomic E-state index is 0.413. The number of para-hydroxylation sites is 2. The van der Waals surface area contributed by atoms with E-state index in [2.05, 4.69) is 312 Å². The van der Waals surface area contributed by atoms with Gasteiger partial charge in [-0.15, -0.1) is 0 Å². The van der Waals surface area contributed by atoms with E-state index in [1.54, 1.807) is 0 Å². The van der Waals surface area contributed by atoms with Gasteiger partial charge in [0.05, 0.1) is 33.1 Å². The van der Waals surface area contributed by atoms with Crippen LogP contribution in [0.2, 0.25) is 0 Å². The van der Waals surface area contributed by atoms with Gasteiger partial charge >= 0.3 is 0 Å². The number of nitrogens with zero attached hydrogens (tertiary/aromatic N) is 4. The molecular formula is C87H84N4. The van der Waals surface area contributed by atoms with Crippen LogP contribution < -0.4 is 9.80 Å². The summed E-state index contributed by atoms with van der Waals surface area (Å²) in [4.78, 5) is 5.11. The lowest BCUT2D eigenvalue weighted by molar-refractivity contribution is 0.842. The zero-order valence-electron chi connectivity index (χ0n) is 56.3. The van der Waals surface area contributed by atoms with Crippen LogP contribution in [0.5, 0.6) is 0 Å². The van der Waals surface area contributed by atoms with E-state index in [1.807, 2.05) is 0 Å². The van der Waals surface area contributed by atoms with E-state index in [0.717, 1.165) is 11.4 Å². The Morgan fingerprint density at radius 3 is 0.989 bits per heavy atom. The van der Waals surface area contributed by atoms with Crippen molar-refractivity contribution in [3.05, 3.63) is 248 Å². The molecule has 15 aromatic rings. The number of aryl methyl sites for hydroxylation is 7. The van der Waals surface area contributed by atoms with E-state index in [1.165, 1.54) is 194 Å². The molecule has 0 radical (unpaired) electrons. The van der Waals surface area contributed by atoms with Gasteiger partial charge in [-0.2, -0.15) is 0 Å². The molecule has 11 aromatic carbocycles. The molecule has 0 bridgehead atoms. The second-order valence-corrected chi connectivity index (χ2v) is 28.1. The zero-order chi connectivity index (χ0) is 63.5. The molecule has 4 heteroatoms. The van der Waals surface area contributed by atoms with Gasteiger partial charge in [-0.1, -0.05) is 165 Å². The number of anilines is 6. The zero-order valence-corrected chi connectivity index (χ0v) is 56.3. The van der Waals surface area contributed by atoms with E-state index >= 15 is 0 Å². The maximum Gasteiger partial charge on any atom is 0.0634 e. The molecule has 0 fully saturated rings. The van der Waals surface area contributed by atoms with Gasteiger partial charge in [0.2, 0.25) is 0 Å². The van der Waals surface area contributed by atoms with Crippen molar-refractivity contribution in [2.24, 2.45) is 0 Å². The highest BCUT2D eigenvalue weighted by Crippen LogP contribution is 2.55. The summed E-state index contributed by atoms with van der Waals surface area (Å²) in [5.41, 5.74) is 37.0. The molecule has 4 nitrogen and oxygen atoms in total. The van der Waals surface area contributed by atoms with Crippen LogP contribution in [0, 0.1) is 62.3 Å². The Bertz CT molecular complexity index is 5320. The van der Waals surface area contributed by atoms with Crippen molar-refractivity contribution in [3.8, 4) is 22.3 Å². The predicted octanol–water partition coefficient (Wildman–Crippen LogP) is 25.5. The van der Waals surface area contributed by atoms with Gasteiger partial charge in [0.25, 0.3) is 0 Å². The van der Waals surface area contributed by atoms with E-state index in [0.29, 0.717) is 23.7 Å². The Labute approximate surface area is 537 Å². The smallest absolute Gasteiger partial charge is 0.0634 e. The third-order valence-electron chi connectivity index (χ3n) is 20.8. The van der Waals surface area contributed by atoms with E-state index in [9.17, 15) is 0 Å². The second kappa shape index (κ2) is 21.4. The molecule has 0 saturated heterocycles. The Morgan fingerprint density at radius 2 is 0.615 bits per heavy atom. The SMILES string of the molecule is Cc1cc(N(c2cc(C)c(C(C)C)c(C)c2)c2ccc3c4cccc5c6c(-c7ccccc7)c7c(c(-c8ccccc8)c6n(c3c2)c45)c2cccc3c4ccc(N(c5cc(C)c(C(C)C)c(C)c5)c5cc(C)c(C(C)C)c(C)c5C)cc4n7c32)cc(C)c1C(C)C. The van der Waals surface area contributed by atoms with Gasteiger partial charge in [-0.05, 0) is 236 Å². The third-order valence-corrected chi connectivity index (χ3v) is 20.8. The molecule has 0 aliphatic heterocycles. The number of rotatable bonds is 12. The number of aromatic nitrogens is 2. The lowest BCUT2D eigenvalue weighted by Gasteiger charge is -2.31. The summed E-state index contributed by atoms with van der Waals surface area (Å²) in [6, 6.07) is 68.5. The maximum absolute atomic E-state index is 2.68. The standard InChI is InChI=1S/C87H84N4/c1-47(2)76-51(9)38-64(39-52(76)10)88(65-40-53(11)77(48(3)4)54(12)41-65)62-34-36-67-69-30-24-32-71-82-81(61-28-22-19-23-29-61)87-83(80(60-26-20-18-21-27-60)86(82)90(84(69)71)74(67)45-62)72-33-25-31-70-68-37-35-63(46-75(68)91(87)85(70)72)89(66-42-55(13)78(49(5)6)56(14)43-66)73-44-57(15)79(50(7)8)59(17)58(73)16/h18-50H,1-17H3. The highest BCUT2D eigenvalue weighted by atomic mass is 15.2. The van der Waals surface area contributed by atoms with Crippen LogP contribution in [0.4, 0.5) is 34.1 Å². The molecule has 15 rings (SSSR count). The molecule has 0 spiro atoms. The fourth-order valence-electron chi connectivity index (χ4n) is 17.8. The summed E-state index contributed by atoms with van der Waals surface area (Å²) < 4.78 is 5.36. The van der Waals surface area contributed by atoms with Crippen LogP contribution in [0.3, 0.4) is 0 Å². The number of hydrogen-bond donors (Lipinski definition) is 0. The molecule has 0 atom stereocenters. The van der Waals surface area contributed by atoms with Crippen LogP contribution >= 0.6 is 0 Å². The molecule has 452 valence electrons. The van der Waals surface area contributed by atoms with E-state index in [-0.39, 0.29) is 0 Å². The average molecular weight is 1190 g/mol. The second-order valence-electron chi connectivity index (χ2n) is 28.1. The Kier molecular flexibility index (Phi) is 13.6. The van der Waals surface area contributed by atoms with Crippen molar-refractivity contribution in [3.63, 3.8) is 0 Å². The van der Waals surface area contributed by atoms with Crippen molar-refractivity contribution in [2.45, 2.75) is 141 Å². The highest BCUT2D eigenvalue weighted by Gasteiger charge is 2.32. The average Bonchev–Trinajstić information content (AvgIpc) is 1.50. The van der Waals surface area contributed by atoms with Crippen molar-refractivity contribution in [1.29, 1.82) is 0 Å². The fraction of sp³-hybridized carbons (Fsp3) is 0.241. The summed E-state index contributed by atoms with van der Waals surface area (Å²) in [5.74, 6) is 1.66. The van der Waals surface area contributed by atoms with Gasteiger partial charge in [0.15, 0.2) is 0 Å². The largest absolute Gasteiger partial charge is 0.310 e. The Balaban J connectivity index is 1.09. The Morgan fingerprint density at radius 1 is 0.275 bits per heavy atom. The fourth-order valence-corrected chi connectivity index (χ4v) is 17.8. The van der Waals surface area contributed by atoms with Crippen LogP contribution in [0.1, 0.15) is 151 Å². The first-order valence-electron chi connectivity index (χ1n) is 33.3. The summed E-state index contributed by atoms with van der Waals surface area (Å²) in [7, 11) is 0. The first-order chi connectivity index (χ1) is 43.7. The molecule has 0 N–H and O–H groups in total. The van der Waals surface area contributed by atoms with Crippen LogP contribution in [0.25, 0.3) is 98.4 Å². The normalized spacial score (nSPS) is 12.4. The molecule has 0 saturated carbocycles. The topological polar surface area (TPSA) is 15.3 Å². The van der Waals surface area contributed by atoms with E-state index < -0.39 is 0 Å². The first kappa shape index (κ1) is 58.0. The molecule has 4 heterocycles. The minimum atomic E-state index is 0.413. The predicted molar refractivity (Wildman–Crippen MR) is 395 cm³/mol. The van der Waals surface area contributed by atoms with Crippen molar-refractivity contribution in [1.82, 2.24) is 8.80 Å². The summed E-state index contributed by atoms with van der Waals surface area (Å²) in [6.45, 7) is 39.4. The van der Waals surface area contributed by atoms with E-state index in [4.69, 9.17) is 0 Å². The quantitative estimate of drug-likeness (QED) is 0.121. The Hall–Kier alpha value is -9.38. The highest BCUT2D eigenvalue weighted by molar-refractivity contribution is 6.38. The molecule has 0 aliphatic rings. The molecular weight excluding hydrogens is 1100 g/mol. The van der Waals surface area contributed by atoms with Crippen molar-refractivity contribution >= 4 is 110 Å². The van der Waals surface area contributed by atoms with Crippen molar-refractivity contribution < 1.29 is 0 Å². The number of hydrogen-bond acceptors (Lipinski definition) is 2. The number of benzene rings is 11. The van der Waals surface area contributed by atoms with Gasteiger partial charge in [0, 0.05) is 88.3 Å². The summed E-state index contributed by atoms with van der Waals surface area (Å²) in [5, 5.41) is 10.1. The van der Waals surface area contributed by atoms with Crippen LogP contribution in [0.15, 0.2) is 176 Å². The molecule has 4 aromatic heterocycles. The first-order valence-corrected chi connectivity index (χ1v) is 33.3. The van der Waals surface area contributed by atoms with Gasteiger partial charge < -0.3 is 18.6 Å². The third kappa shape index (κ3) is 8.61. The molecule has 91 heavy (non-hydrogen) atoms. The van der Waals surface area contributed by atoms with Crippen molar-refractivity contribution in [2.75, 3.05) is 9.80 Å². The summed E-state index contributed by atoms with van der Waals surface area (Å²) in [6.07, 6.45) is 0. The lowest BCUT2D eigenvalue weighted by atomic mass is 9.88. The number of fused-ring (bicyclic) bond motifs is 12. The van der Waals surface area contributed by atoms with Crippen LogP contribution in [-0.2, 0) is 0 Å². The lowest BCUT2D eigenvalue weighted by Crippen LogP contribution is -2.15. The molecule has 0 aliphatic carbocycles. The van der Waals surface area contributed by atoms with Gasteiger partial charge in [-0.25, -0.2) is 0 Å². The molecule has 0 unspecified atom stereocenters. The summed E-state index contributed by atoms with van der Waals surface area (Å²) >= 11 is 0. The van der Waals surface area contributed by atoms with Gasteiger partial charge in [0.1, 0.15) is 0 Å². The monoisotopic (exact) mass is 1180 g/mol. The van der Waals surface area contributed by atoms with Gasteiger partial charge in [-0.3, -0.25) is 0 Å². The van der Waals surface area contributed by atoms with Crippen LogP contribution in [-0.4, -0.2) is 8.80 Å². The molecule has 0 amide bonds. The minimum Gasteiger partial charge on any atom is -0.310 e. The maximum atomic E-state index is 2.68.